The van der Waals surface area contributed by atoms with Gasteiger partial charge >= 0.3 is 0 Å². The molecule has 0 unspecified atom stereocenters. The second-order valence-corrected chi connectivity index (χ2v) is 6.00. The Kier molecular flexibility index (Phi) is 5.78. The molecule has 2 aromatic rings. The first-order valence-corrected chi connectivity index (χ1v) is 8.15. The Balaban J connectivity index is 2.22. The van der Waals surface area contributed by atoms with E-state index in [9.17, 15) is 9.59 Å². The van der Waals surface area contributed by atoms with Crippen molar-refractivity contribution in [3.63, 3.8) is 0 Å². The van der Waals surface area contributed by atoms with Gasteiger partial charge < -0.3 is 5.32 Å². The maximum Gasteiger partial charge on any atom is 0.277 e. The number of rotatable bonds is 6. The topological polar surface area (TPSA) is 89.8 Å². The van der Waals surface area contributed by atoms with Gasteiger partial charge in [0.2, 0.25) is 0 Å². The maximum absolute atomic E-state index is 12.4. The zero-order valence-corrected chi connectivity index (χ0v) is 14.5. The van der Waals surface area contributed by atoms with Crippen molar-refractivity contribution >= 4 is 11.7 Å². The summed E-state index contributed by atoms with van der Waals surface area (Å²) in [6.07, 6.45) is 1.78. The molecule has 0 saturated heterocycles. The number of aryl methyl sites for hydroxylation is 2. The molecule has 7 heteroatoms. The summed E-state index contributed by atoms with van der Waals surface area (Å²) >= 11 is 0. The molecule has 0 atom stereocenters. The van der Waals surface area contributed by atoms with Crippen LogP contribution in [0.3, 0.4) is 0 Å². The summed E-state index contributed by atoms with van der Waals surface area (Å²) in [4.78, 5) is 32.9. The fraction of sp³-hybridized carbons (Fsp3) is 0.471. The summed E-state index contributed by atoms with van der Waals surface area (Å²) in [6.45, 7) is 8.37. The minimum Gasteiger partial charge on any atom is -0.305 e. The van der Waals surface area contributed by atoms with E-state index in [1.54, 1.807) is 6.07 Å². The van der Waals surface area contributed by atoms with Crippen LogP contribution in [0.5, 0.6) is 0 Å². The summed E-state index contributed by atoms with van der Waals surface area (Å²) < 4.78 is 1.32. The van der Waals surface area contributed by atoms with E-state index in [4.69, 9.17) is 0 Å². The van der Waals surface area contributed by atoms with Gasteiger partial charge in [0.15, 0.2) is 0 Å². The summed E-state index contributed by atoms with van der Waals surface area (Å²) in [5.41, 5.74) is 0.762. The minimum atomic E-state index is -0.395. The average Bonchev–Trinajstić information content (AvgIpc) is 2.53. The first kappa shape index (κ1) is 17.8. The Morgan fingerprint density at radius 1 is 1.29 bits per heavy atom. The van der Waals surface area contributed by atoms with Gasteiger partial charge in [-0.25, -0.2) is 14.6 Å². The predicted molar refractivity (Wildman–Crippen MR) is 92.2 cm³/mol. The van der Waals surface area contributed by atoms with E-state index in [1.165, 1.54) is 16.8 Å². The van der Waals surface area contributed by atoms with Gasteiger partial charge in [-0.3, -0.25) is 9.59 Å². The Labute approximate surface area is 141 Å². The van der Waals surface area contributed by atoms with Gasteiger partial charge in [0.25, 0.3) is 11.5 Å². The van der Waals surface area contributed by atoms with Crippen molar-refractivity contribution in [1.29, 1.82) is 0 Å². The highest BCUT2D eigenvalue weighted by atomic mass is 16.2. The van der Waals surface area contributed by atoms with Gasteiger partial charge in [0.05, 0.1) is 0 Å². The molecule has 0 aliphatic rings. The molecule has 0 spiro atoms. The molecule has 7 nitrogen and oxygen atoms in total. The van der Waals surface area contributed by atoms with Crippen LogP contribution in [0.1, 0.15) is 61.5 Å². The molecular weight excluding hydrogens is 306 g/mol. The lowest BCUT2D eigenvalue weighted by atomic mass is 10.2. The Bertz CT molecular complexity index is 783. The van der Waals surface area contributed by atoms with Crippen molar-refractivity contribution in [2.24, 2.45) is 0 Å². The van der Waals surface area contributed by atoms with Crippen molar-refractivity contribution in [3.8, 4) is 0 Å². The third kappa shape index (κ3) is 4.47. The lowest BCUT2D eigenvalue weighted by Crippen LogP contribution is -2.26. The highest BCUT2D eigenvalue weighted by molar-refractivity contribution is 6.02. The van der Waals surface area contributed by atoms with Crippen molar-refractivity contribution < 1.29 is 4.79 Å². The fourth-order valence-corrected chi connectivity index (χ4v) is 2.13. The third-order valence-corrected chi connectivity index (χ3v) is 3.45. The van der Waals surface area contributed by atoms with E-state index in [0.717, 1.165) is 18.5 Å². The standard InChI is InChI=1S/C17H23N5O2/c1-5-6-9-22-15(23)8-7-13(21-22)17(24)20-14-10-12(4)18-16(19-14)11(2)3/h7-8,10-11H,5-6,9H2,1-4H3,(H,18,19,20,24). The summed E-state index contributed by atoms with van der Waals surface area (Å²) in [5.74, 6) is 0.873. The highest BCUT2D eigenvalue weighted by Crippen LogP contribution is 2.14. The van der Waals surface area contributed by atoms with E-state index >= 15 is 0 Å². The van der Waals surface area contributed by atoms with Gasteiger partial charge in [0, 0.05) is 30.3 Å². The summed E-state index contributed by atoms with van der Waals surface area (Å²) in [7, 11) is 0. The van der Waals surface area contributed by atoms with Crippen LogP contribution in [-0.4, -0.2) is 25.7 Å². The predicted octanol–water partition coefficient (Wildman–Crippen LogP) is 2.52. The molecule has 0 saturated carbocycles. The second kappa shape index (κ2) is 7.81. The molecule has 2 aromatic heterocycles. The zero-order chi connectivity index (χ0) is 17.7. The molecule has 0 radical (unpaired) electrons. The van der Waals surface area contributed by atoms with Crippen molar-refractivity contribution in [2.75, 3.05) is 5.32 Å². The molecule has 0 fully saturated rings. The molecule has 2 heterocycles. The van der Waals surface area contributed by atoms with Crippen LogP contribution in [0.25, 0.3) is 0 Å². The third-order valence-electron chi connectivity index (χ3n) is 3.45. The number of nitrogens with zero attached hydrogens (tertiary/aromatic N) is 4. The number of hydrogen-bond donors (Lipinski definition) is 1. The first-order chi connectivity index (χ1) is 11.4. The zero-order valence-electron chi connectivity index (χ0n) is 14.5. The molecular formula is C17H23N5O2. The van der Waals surface area contributed by atoms with Crippen molar-refractivity contribution in [2.45, 2.75) is 53.0 Å². The van der Waals surface area contributed by atoms with Crippen LogP contribution in [0, 0.1) is 6.92 Å². The molecule has 1 N–H and O–H groups in total. The van der Waals surface area contributed by atoms with Crippen molar-refractivity contribution in [1.82, 2.24) is 19.7 Å². The minimum absolute atomic E-state index is 0.162. The number of amides is 1. The first-order valence-electron chi connectivity index (χ1n) is 8.15. The number of carbonyl (C=O) groups is 1. The number of nitrogens with one attached hydrogen (secondary N) is 1. The monoisotopic (exact) mass is 329 g/mol. The van der Waals surface area contributed by atoms with Crippen LogP contribution >= 0.6 is 0 Å². The van der Waals surface area contributed by atoms with Crippen LogP contribution < -0.4 is 10.9 Å². The highest BCUT2D eigenvalue weighted by Gasteiger charge is 2.13. The number of aromatic nitrogens is 4. The largest absolute Gasteiger partial charge is 0.305 e. The van der Waals surface area contributed by atoms with E-state index in [0.29, 0.717) is 18.2 Å². The van der Waals surface area contributed by atoms with Gasteiger partial charge in [-0.2, -0.15) is 5.10 Å². The normalized spacial score (nSPS) is 10.9. The Morgan fingerprint density at radius 3 is 2.71 bits per heavy atom. The summed E-state index contributed by atoms with van der Waals surface area (Å²) in [5, 5.41) is 6.86. The van der Waals surface area contributed by atoms with E-state index in [2.05, 4.69) is 20.4 Å². The van der Waals surface area contributed by atoms with Gasteiger partial charge in [-0.15, -0.1) is 0 Å². The second-order valence-electron chi connectivity index (χ2n) is 6.00. The number of hydrogen-bond acceptors (Lipinski definition) is 5. The quantitative estimate of drug-likeness (QED) is 0.879. The van der Waals surface area contributed by atoms with Gasteiger partial charge in [-0.1, -0.05) is 27.2 Å². The van der Waals surface area contributed by atoms with Gasteiger partial charge in [0.1, 0.15) is 17.3 Å². The molecule has 2 rings (SSSR count). The number of carbonyl (C=O) groups excluding carboxylic acids is 1. The van der Waals surface area contributed by atoms with Crippen molar-refractivity contribution in [3.05, 3.63) is 45.8 Å². The SMILES string of the molecule is CCCCn1nc(C(=O)Nc2cc(C)nc(C(C)C)n2)ccc1=O. The summed E-state index contributed by atoms with van der Waals surface area (Å²) in [6, 6.07) is 4.50. The van der Waals surface area contributed by atoms with Crippen LogP contribution in [-0.2, 0) is 6.54 Å². The Morgan fingerprint density at radius 2 is 2.04 bits per heavy atom. The number of anilines is 1. The fourth-order valence-electron chi connectivity index (χ4n) is 2.13. The Hall–Kier alpha value is -2.57. The molecule has 0 bridgehead atoms. The van der Waals surface area contributed by atoms with Crippen LogP contribution in [0.2, 0.25) is 0 Å². The van der Waals surface area contributed by atoms with Crippen LogP contribution in [0.4, 0.5) is 5.82 Å². The molecule has 0 aromatic carbocycles. The number of unbranched alkanes of at least 4 members (excludes halogenated alkanes) is 1. The van der Waals surface area contributed by atoms with Crippen LogP contribution in [0.15, 0.2) is 23.0 Å². The molecule has 128 valence electrons. The van der Waals surface area contributed by atoms with E-state index in [-0.39, 0.29) is 17.2 Å². The van der Waals surface area contributed by atoms with Gasteiger partial charge in [-0.05, 0) is 19.4 Å². The molecule has 0 aliphatic heterocycles. The lowest BCUT2D eigenvalue weighted by Gasteiger charge is -2.10. The lowest BCUT2D eigenvalue weighted by molar-refractivity contribution is 0.101. The van der Waals surface area contributed by atoms with E-state index < -0.39 is 5.91 Å². The maximum atomic E-state index is 12.4. The molecule has 1 amide bonds. The molecule has 0 aliphatic carbocycles. The molecule has 24 heavy (non-hydrogen) atoms. The van der Waals surface area contributed by atoms with E-state index in [1.807, 2.05) is 27.7 Å². The smallest absolute Gasteiger partial charge is 0.277 e. The average molecular weight is 329 g/mol.